The summed E-state index contributed by atoms with van der Waals surface area (Å²) in [7, 11) is 0. The van der Waals surface area contributed by atoms with Gasteiger partial charge < -0.3 is 18.6 Å². The summed E-state index contributed by atoms with van der Waals surface area (Å²) >= 11 is 0. The molecule has 310 valence electrons. The topological polar surface area (TPSA) is 18.0 Å². The number of anilines is 3. The Morgan fingerprint density at radius 2 is 0.697 bits per heavy atom. The van der Waals surface area contributed by atoms with Gasteiger partial charge in [-0.05, 0) is 103 Å². The molecule has 3 aromatic heterocycles. The molecule has 0 N–H and O–H groups in total. The molecule has 0 amide bonds. The second kappa shape index (κ2) is 14.5. The lowest BCUT2D eigenvalue weighted by molar-refractivity contribution is 0.967. The molecule has 0 aliphatic heterocycles. The van der Waals surface area contributed by atoms with Crippen LogP contribution in [0, 0.1) is 0 Å². The van der Waals surface area contributed by atoms with Crippen LogP contribution in [0.3, 0.4) is 0 Å². The number of benzene rings is 10. The van der Waals surface area contributed by atoms with E-state index in [4.69, 9.17) is 0 Å². The number of aryl methyl sites for hydroxylation is 1. The maximum absolute atomic E-state index is 2.49. The number of allylic oxidation sites excluding steroid dienone is 1. The van der Waals surface area contributed by atoms with Gasteiger partial charge >= 0.3 is 0 Å². The van der Waals surface area contributed by atoms with Gasteiger partial charge in [-0.2, -0.15) is 0 Å². The zero-order valence-electron chi connectivity index (χ0n) is 36.1. The van der Waals surface area contributed by atoms with Gasteiger partial charge in [0.2, 0.25) is 0 Å². The standard InChI is InChI=1S/C62H42N4/c1-3-19-51-49(17-1)59(37-39-61(51)65-55-29-13-7-23-45(55)46-24-8-14-30-56(46)65)64(42-35-33-41(34-36-42)63-53-27-11-5-21-43(53)44-22-6-12-28-54(44)63)60-38-40-62(52-20-4-2-18-50(52)60)66-57-31-15-9-25-47(57)48-26-10-16-32-58(48)66/h1-5,7-21,23-40H,6,22H2. The molecule has 3 heterocycles. The van der Waals surface area contributed by atoms with E-state index in [0.717, 1.165) is 47.0 Å². The molecule has 0 bridgehead atoms. The van der Waals surface area contributed by atoms with Crippen molar-refractivity contribution in [3.05, 3.63) is 236 Å². The Labute approximate surface area is 381 Å². The number of hydrogen-bond acceptors (Lipinski definition) is 1. The van der Waals surface area contributed by atoms with Crippen molar-refractivity contribution in [1.82, 2.24) is 13.7 Å². The second-order valence-electron chi connectivity index (χ2n) is 17.5. The van der Waals surface area contributed by atoms with Crippen LogP contribution >= 0.6 is 0 Å². The predicted octanol–water partition coefficient (Wildman–Crippen LogP) is 16.6. The van der Waals surface area contributed by atoms with Crippen molar-refractivity contribution in [2.24, 2.45) is 0 Å². The van der Waals surface area contributed by atoms with Crippen molar-refractivity contribution in [1.29, 1.82) is 0 Å². The van der Waals surface area contributed by atoms with Crippen LogP contribution < -0.4 is 4.90 Å². The molecular weight excluding hydrogens is 801 g/mol. The predicted molar refractivity (Wildman–Crippen MR) is 279 cm³/mol. The molecular formula is C62H42N4. The average molecular weight is 843 g/mol. The third kappa shape index (κ3) is 5.33. The number of hydrogen-bond donors (Lipinski definition) is 0. The molecule has 0 radical (unpaired) electrons. The molecule has 0 spiro atoms. The Bertz CT molecular complexity index is 3820. The second-order valence-corrected chi connectivity index (χ2v) is 17.5. The summed E-state index contributed by atoms with van der Waals surface area (Å²) in [6, 6.07) is 80.5. The lowest BCUT2D eigenvalue weighted by Crippen LogP contribution is -2.12. The highest BCUT2D eigenvalue weighted by molar-refractivity contribution is 6.14. The maximum Gasteiger partial charge on any atom is 0.0542 e. The van der Waals surface area contributed by atoms with Crippen molar-refractivity contribution >= 4 is 99.2 Å². The van der Waals surface area contributed by atoms with E-state index >= 15 is 0 Å². The van der Waals surface area contributed by atoms with Crippen molar-refractivity contribution in [2.45, 2.75) is 12.8 Å². The summed E-state index contributed by atoms with van der Waals surface area (Å²) in [5.74, 6) is 0. The lowest BCUT2D eigenvalue weighted by atomic mass is 10.0. The van der Waals surface area contributed by atoms with Crippen LogP contribution in [0.5, 0.6) is 0 Å². The number of aromatic nitrogens is 3. The van der Waals surface area contributed by atoms with E-state index in [9.17, 15) is 0 Å². The summed E-state index contributed by atoms with van der Waals surface area (Å²) in [6.45, 7) is 0. The van der Waals surface area contributed by atoms with Gasteiger partial charge in [0, 0.05) is 65.5 Å². The zero-order valence-corrected chi connectivity index (χ0v) is 36.1. The number of fused-ring (bicyclic) bond motifs is 11. The Hall–Kier alpha value is -8.60. The minimum Gasteiger partial charge on any atom is -0.310 e. The summed E-state index contributed by atoms with van der Waals surface area (Å²) < 4.78 is 7.34. The van der Waals surface area contributed by atoms with Crippen LogP contribution in [0.15, 0.2) is 224 Å². The first-order chi connectivity index (χ1) is 32.8. The summed E-state index contributed by atoms with van der Waals surface area (Å²) in [5, 5.41) is 11.1. The fraction of sp³-hybridized carbons (Fsp3) is 0.0323. The zero-order chi connectivity index (χ0) is 43.3. The van der Waals surface area contributed by atoms with E-state index in [1.54, 1.807) is 0 Å². The SMILES string of the molecule is C1=Cc2c(c3ccccc3n2-c2ccc(N(c3ccc(-n4c5ccccc5c5ccccc54)c4ccccc34)c3ccc(-n4c5ccccc5c5ccccc54)c4ccccc34)cc2)CC1. The van der Waals surface area contributed by atoms with E-state index in [-0.39, 0.29) is 0 Å². The van der Waals surface area contributed by atoms with Crippen LogP contribution in [0.1, 0.15) is 17.7 Å². The minimum absolute atomic E-state index is 1.06. The van der Waals surface area contributed by atoms with E-state index < -0.39 is 0 Å². The molecule has 0 atom stereocenters. The highest BCUT2D eigenvalue weighted by atomic mass is 15.1. The van der Waals surface area contributed by atoms with E-state index in [1.807, 2.05) is 0 Å². The first kappa shape index (κ1) is 36.8. The van der Waals surface area contributed by atoms with Crippen molar-refractivity contribution in [3.63, 3.8) is 0 Å². The van der Waals surface area contributed by atoms with E-state index in [1.165, 1.54) is 87.3 Å². The molecule has 13 aromatic rings. The number of nitrogens with zero attached hydrogens (tertiary/aromatic N) is 4. The minimum atomic E-state index is 1.06. The van der Waals surface area contributed by atoms with Gasteiger partial charge in [0.25, 0.3) is 0 Å². The fourth-order valence-electron chi connectivity index (χ4n) is 11.3. The maximum atomic E-state index is 2.49. The highest BCUT2D eigenvalue weighted by Crippen LogP contribution is 2.47. The van der Waals surface area contributed by atoms with Crippen molar-refractivity contribution in [2.75, 3.05) is 4.90 Å². The molecule has 4 heteroatoms. The molecule has 0 unspecified atom stereocenters. The Morgan fingerprint density at radius 1 is 0.318 bits per heavy atom. The molecule has 4 nitrogen and oxygen atoms in total. The van der Waals surface area contributed by atoms with Crippen LogP contribution in [0.4, 0.5) is 17.1 Å². The molecule has 1 aliphatic rings. The van der Waals surface area contributed by atoms with E-state index in [0.29, 0.717) is 0 Å². The van der Waals surface area contributed by atoms with Gasteiger partial charge in [-0.25, -0.2) is 0 Å². The molecule has 1 aliphatic carbocycles. The van der Waals surface area contributed by atoms with Gasteiger partial charge in [0.1, 0.15) is 0 Å². The van der Waals surface area contributed by atoms with Crippen LogP contribution in [0.25, 0.3) is 99.2 Å². The molecule has 0 saturated carbocycles. The Kier molecular flexibility index (Phi) is 8.07. The third-order valence-electron chi connectivity index (χ3n) is 14.1. The largest absolute Gasteiger partial charge is 0.310 e. The van der Waals surface area contributed by atoms with Crippen molar-refractivity contribution in [3.8, 4) is 17.1 Å². The lowest BCUT2D eigenvalue weighted by Gasteiger charge is -2.29. The highest BCUT2D eigenvalue weighted by Gasteiger charge is 2.24. The first-order valence-electron chi connectivity index (χ1n) is 23.0. The number of para-hydroxylation sites is 5. The first-order valence-corrected chi connectivity index (χ1v) is 23.0. The van der Waals surface area contributed by atoms with Gasteiger partial charge in [-0.3, -0.25) is 0 Å². The fourth-order valence-corrected chi connectivity index (χ4v) is 11.3. The van der Waals surface area contributed by atoms with E-state index in [2.05, 4.69) is 249 Å². The molecule has 14 rings (SSSR count). The van der Waals surface area contributed by atoms with Crippen LogP contribution in [-0.2, 0) is 6.42 Å². The quantitative estimate of drug-likeness (QED) is 0.163. The molecule has 0 fully saturated rings. The Balaban J connectivity index is 1.02. The summed E-state index contributed by atoms with van der Waals surface area (Å²) in [5.41, 5.74) is 15.5. The monoisotopic (exact) mass is 842 g/mol. The van der Waals surface area contributed by atoms with Gasteiger partial charge in [0.15, 0.2) is 0 Å². The van der Waals surface area contributed by atoms with Gasteiger partial charge in [0.05, 0.1) is 50.3 Å². The molecule has 10 aromatic carbocycles. The Morgan fingerprint density at radius 3 is 1.15 bits per heavy atom. The number of rotatable bonds is 6. The van der Waals surface area contributed by atoms with Gasteiger partial charge in [-0.15, -0.1) is 0 Å². The average Bonchev–Trinajstić information content (AvgIpc) is 4.03. The van der Waals surface area contributed by atoms with Crippen LogP contribution in [0.2, 0.25) is 0 Å². The normalized spacial score (nSPS) is 12.7. The van der Waals surface area contributed by atoms with Gasteiger partial charge in [-0.1, -0.05) is 146 Å². The summed E-state index contributed by atoms with van der Waals surface area (Å²) in [6.07, 6.45) is 6.76. The third-order valence-corrected chi connectivity index (χ3v) is 14.1. The molecule has 66 heavy (non-hydrogen) atoms. The van der Waals surface area contributed by atoms with Crippen LogP contribution in [-0.4, -0.2) is 13.7 Å². The molecule has 0 saturated heterocycles. The summed E-state index contributed by atoms with van der Waals surface area (Å²) in [4.78, 5) is 2.49. The van der Waals surface area contributed by atoms with Crippen molar-refractivity contribution < 1.29 is 0 Å². The smallest absolute Gasteiger partial charge is 0.0542 e.